The van der Waals surface area contributed by atoms with Gasteiger partial charge in [-0.2, -0.15) is 9.78 Å². The Balaban J connectivity index is 1.81. The maximum Gasteiger partial charge on any atom is 0.282 e. The molecule has 0 radical (unpaired) electrons. The molecule has 1 amide bonds. The number of rotatable bonds is 7. The predicted octanol–water partition coefficient (Wildman–Crippen LogP) is 4.02. The monoisotopic (exact) mass is 525 g/mol. The van der Waals surface area contributed by atoms with Crippen LogP contribution in [0, 0.1) is 0 Å². The Morgan fingerprint density at radius 3 is 2.71 bits per heavy atom. The second kappa shape index (κ2) is 10.4. The minimum absolute atomic E-state index is 0.174. The van der Waals surface area contributed by atoms with Gasteiger partial charge in [0, 0.05) is 41.8 Å². The zero-order chi connectivity index (χ0) is 24.2. The number of hydrogen-bond donors (Lipinski definition) is 1. The molecule has 1 heterocycles. The van der Waals surface area contributed by atoms with Gasteiger partial charge in [0.2, 0.25) is 0 Å². The molecule has 1 aromatic heterocycles. The smallest absolute Gasteiger partial charge is 0.282 e. The van der Waals surface area contributed by atoms with Crippen LogP contribution in [-0.4, -0.2) is 42.5 Å². The molecule has 9 heteroatoms. The number of hydrogen-bond acceptors (Lipinski definition) is 6. The maximum absolute atomic E-state index is 13.5. The quantitative estimate of drug-likeness (QED) is 0.469. The summed E-state index contributed by atoms with van der Waals surface area (Å²) in [6.07, 6.45) is 6.96. The number of halogens is 1. The molecule has 0 saturated heterocycles. The summed E-state index contributed by atoms with van der Waals surface area (Å²) in [5.41, 5.74) is 7.25. The Morgan fingerprint density at radius 2 is 2.00 bits per heavy atom. The third-order valence-electron chi connectivity index (χ3n) is 6.00. The van der Waals surface area contributed by atoms with Crippen LogP contribution in [0.1, 0.15) is 49.4 Å². The van der Waals surface area contributed by atoms with Gasteiger partial charge in [0.1, 0.15) is 11.6 Å². The number of anilines is 1. The van der Waals surface area contributed by atoms with Gasteiger partial charge >= 0.3 is 0 Å². The first-order chi connectivity index (χ1) is 16.3. The van der Waals surface area contributed by atoms with Crippen LogP contribution < -0.4 is 20.9 Å². The highest BCUT2D eigenvalue weighted by Gasteiger charge is 2.22. The molecule has 0 atom stereocenters. The van der Waals surface area contributed by atoms with Crippen molar-refractivity contribution in [1.82, 2.24) is 9.66 Å². The lowest BCUT2D eigenvalue weighted by Gasteiger charge is -2.23. The average Bonchev–Trinajstić information content (AvgIpc) is 2.83. The Hall–Kier alpha value is -3.20. The fraction of sp³-hybridized carbons (Fsp3) is 0.360. The molecule has 8 nitrogen and oxygen atoms in total. The number of amides is 1. The highest BCUT2D eigenvalue weighted by molar-refractivity contribution is 9.10. The molecule has 0 aliphatic heterocycles. The van der Waals surface area contributed by atoms with E-state index >= 15 is 0 Å². The molecule has 178 valence electrons. The molecule has 0 unspecified atom stereocenters. The Kier molecular flexibility index (Phi) is 7.31. The first-order valence-corrected chi connectivity index (χ1v) is 12.1. The van der Waals surface area contributed by atoms with Gasteiger partial charge in [0.05, 0.1) is 17.1 Å². The highest BCUT2D eigenvalue weighted by Crippen LogP contribution is 2.32. The summed E-state index contributed by atoms with van der Waals surface area (Å²) in [4.78, 5) is 31.6. The summed E-state index contributed by atoms with van der Waals surface area (Å²) in [6, 6.07) is 11.1. The van der Waals surface area contributed by atoms with Crippen LogP contribution in [-0.2, 0) is 4.79 Å². The van der Waals surface area contributed by atoms with E-state index in [0.29, 0.717) is 28.0 Å². The third kappa shape index (κ3) is 5.30. The lowest BCUT2D eigenvalue weighted by atomic mass is 9.88. The van der Waals surface area contributed by atoms with Gasteiger partial charge in [0.25, 0.3) is 11.5 Å². The minimum Gasteiger partial charge on any atom is -0.483 e. The molecule has 3 aromatic rings. The average molecular weight is 526 g/mol. The summed E-state index contributed by atoms with van der Waals surface area (Å²) in [5.74, 6) is 0.740. The normalized spacial score (nSPS) is 14.6. The van der Waals surface area contributed by atoms with Gasteiger partial charge in [-0.25, -0.2) is 4.98 Å². The largest absolute Gasteiger partial charge is 0.483 e. The number of ether oxygens (including phenoxy) is 1. The Labute approximate surface area is 206 Å². The summed E-state index contributed by atoms with van der Waals surface area (Å²) in [5, 5.41) is 5.08. The van der Waals surface area contributed by atoms with Crippen LogP contribution in [0.15, 0.2) is 50.8 Å². The van der Waals surface area contributed by atoms with Crippen LogP contribution in [0.3, 0.4) is 0 Å². The summed E-state index contributed by atoms with van der Waals surface area (Å²) < 4.78 is 7.86. The van der Waals surface area contributed by atoms with Crippen molar-refractivity contribution >= 4 is 44.6 Å². The number of nitrogens with two attached hydrogens (primary N) is 1. The van der Waals surface area contributed by atoms with Crippen molar-refractivity contribution in [3.05, 3.63) is 62.6 Å². The van der Waals surface area contributed by atoms with Crippen molar-refractivity contribution in [2.24, 2.45) is 10.8 Å². The second-order valence-corrected chi connectivity index (χ2v) is 9.62. The van der Waals surface area contributed by atoms with Crippen LogP contribution >= 0.6 is 15.9 Å². The van der Waals surface area contributed by atoms with Gasteiger partial charge in [0.15, 0.2) is 6.61 Å². The van der Waals surface area contributed by atoms with Gasteiger partial charge in [-0.15, -0.1) is 0 Å². The summed E-state index contributed by atoms with van der Waals surface area (Å²) in [7, 11) is 3.83. The minimum atomic E-state index is -0.571. The number of primary amides is 1. The van der Waals surface area contributed by atoms with Gasteiger partial charge in [-0.3, -0.25) is 9.59 Å². The lowest BCUT2D eigenvalue weighted by molar-refractivity contribution is -0.119. The zero-order valence-corrected chi connectivity index (χ0v) is 20.9. The van der Waals surface area contributed by atoms with Crippen molar-refractivity contribution in [3.8, 4) is 5.75 Å². The summed E-state index contributed by atoms with van der Waals surface area (Å²) >= 11 is 3.45. The molecule has 1 saturated carbocycles. The number of carbonyl (C=O) groups excluding carboxylic acids is 1. The van der Waals surface area contributed by atoms with Crippen molar-refractivity contribution in [3.63, 3.8) is 0 Å². The molecule has 1 aliphatic rings. The van der Waals surface area contributed by atoms with E-state index in [9.17, 15) is 9.59 Å². The fourth-order valence-electron chi connectivity index (χ4n) is 4.20. The van der Waals surface area contributed by atoms with Crippen LogP contribution in [0.5, 0.6) is 5.75 Å². The zero-order valence-electron chi connectivity index (χ0n) is 19.3. The van der Waals surface area contributed by atoms with E-state index in [2.05, 4.69) is 21.0 Å². The third-order valence-corrected chi connectivity index (χ3v) is 6.49. The van der Waals surface area contributed by atoms with Crippen molar-refractivity contribution in [1.29, 1.82) is 0 Å². The van der Waals surface area contributed by atoms with E-state index in [1.165, 1.54) is 11.1 Å². The Morgan fingerprint density at radius 1 is 1.24 bits per heavy atom. The molecule has 0 bridgehead atoms. The number of nitrogens with zero attached hydrogens (tertiary/aromatic N) is 4. The van der Waals surface area contributed by atoms with Crippen LogP contribution in [0.25, 0.3) is 10.9 Å². The van der Waals surface area contributed by atoms with E-state index in [0.717, 1.165) is 35.8 Å². The molecule has 0 spiro atoms. The maximum atomic E-state index is 13.5. The predicted molar refractivity (Wildman–Crippen MR) is 138 cm³/mol. The molecule has 34 heavy (non-hydrogen) atoms. The highest BCUT2D eigenvalue weighted by atomic mass is 79.9. The van der Waals surface area contributed by atoms with Crippen LogP contribution in [0.2, 0.25) is 0 Å². The van der Waals surface area contributed by atoms with E-state index in [1.807, 2.05) is 49.3 Å². The SMILES string of the molecule is CN(C)c1ccc(C=Nn2c(C3CCCCC3)nc3ccc(Br)cc3c2=O)c(OCC(N)=O)c1. The molecular formula is C25H28BrN5O3. The van der Waals surface area contributed by atoms with Gasteiger partial charge in [-0.05, 0) is 43.2 Å². The van der Waals surface area contributed by atoms with E-state index in [4.69, 9.17) is 15.5 Å². The van der Waals surface area contributed by atoms with Crippen LogP contribution in [0.4, 0.5) is 5.69 Å². The number of aromatic nitrogens is 2. The van der Waals surface area contributed by atoms with E-state index < -0.39 is 5.91 Å². The molecule has 1 fully saturated rings. The number of fused-ring (bicyclic) bond motifs is 1. The standard InChI is InChI=1S/C25H28BrN5O3/c1-30(2)19-10-8-17(22(13-19)34-15-23(27)32)14-28-31-24(16-6-4-3-5-7-16)29-21-11-9-18(26)12-20(21)25(31)33/h8-14,16H,3-7,15H2,1-2H3,(H2,27,32). The van der Waals surface area contributed by atoms with E-state index in [-0.39, 0.29) is 18.1 Å². The summed E-state index contributed by atoms with van der Waals surface area (Å²) in [6.45, 7) is -0.253. The number of benzene rings is 2. The lowest BCUT2D eigenvalue weighted by Crippen LogP contribution is -2.25. The number of carbonyl (C=O) groups is 1. The van der Waals surface area contributed by atoms with Gasteiger partial charge in [-0.1, -0.05) is 35.2 Å². The van der Waals surface area contributed by atoms with Crippen molar-refractivity contribution < 1.29 is 9.53 Å². The molecule has 2 aromatic carbocycles. The Bertz CT molecular complexity index is 1300. The molecule has 4 rings (SSSR count). The van der Waals surface area contributed by atoms with Gasteiger partial charge < -0.3 is 15.4 Å². The fourth-order valence-corrected chi connectivity index (χ4v) is 4.57. The second-order valence-electron chi connectivity index (χ2n) is 8.70. The first-order valence-electron chi connectivity index (χ1n) is 11.3. The molecule has 2 N–H and O–H groups in total. The van der Waals surface area contributed by atoms with Crippen molar-refractivity contribution in [2.45, 2.75) is 38.0 Å². The first kappa shape index (κ1) is 23.9. The topological polar surface area (TPSA) is 103 Å². The molecule has 1 aliphatic carbocycles. The van der Waals surface area contributed by atoms with Crippen molar-refractivity contribution in [2.75, 3.05) is 25.6 Å². The molecular weight excluding hydrogens is 498 g/mol. The van der Waals surface area contributed by atoms with E-state index in [1.54, 1.807) is 12.3 Å².